The molecule has 33 heavy (non-hydrogen) atoms. The Morgan fingerprint density at radius 2 is 1.79 bits per heavy atom. The van der Waals surface area contributed by atoms with Crippen molar-refractivity contribution in [2.24, 2.45) is 4.99 Å². The predicted molar refractivity (Wildman–Crippen MR) is 136 cm³/mol. The molecule has 0 bridgehead atoms. The first-order valence-electron chi connectivity index (χ1n) is 11.1. The van der Waals surface area contributed by atoms with Crippen molar-refractivity contribution < 1.29 is 19.1 Å². The zero-order valence-electron chi connectivity index (χ0n) is 20.3. The van der Waals surface area contributed by atoms with Gasteiger partial charge < -0.3 is 14.1 Å². The monoisotopic (exact) mass is 484 g/mol. The number of benzene rings is 2. The number of carbonyl (C=O) groups excluding carboxylic acids is 1. The van der Waals surface area contributed by atoms with Gasteiger partial charge in [0.2, 0.25) is 8.32 Å². The van der Waals surface area contributed by atoms with Gasteiger partial charge in [0.25, 0.3) is 5.91 Å². The van der Waals surface area contributed by atoms with Crippen LogP contribution in [0.15, 0.2) is 47.5 Å². The maximum absolute atomic E-state index is 12.9. The van der Waals surface area contributed by atoms with E-state index in [9.17, 15) is 14.7 Å². The minimum atomic E-state index is -2.04. The lowest BCUT2D eigenvalue weighted by atomic mass is 10.1. The van der Waals surface area contributed by atoms with E-state index in [1.807, 2.05) is 44.2 Å². The molecule has 8 heteroatoms. The van der Waals surface area contributed by atoms with E-state index in [1.165, 1.54) is 11.3 Å². The van der Waals surface area contributed by atoms with Gasteiger partial charge in [0.05, 0.1) is 10.2 Å². The summed E-state index contributed by atoms with van der Waals surface area (Å²) in [5.41, 5.74) is 2.25. The summed E-state index contributed by atoms with van der Waals surface area (Å²) < 4.78 is 8.93. The van der Waals surface area contributed by atoms with E-state index in [1.54, 1.807) is 16.7 Å². The van der Waals surface area contributed by atoms with Crippen LogP contribution in [0.4, 0.5) is 0 Å². The second-order valence-corrected chi connectivity index (χ2v) is 15.5. The largest absolute Gasteiger partial charge is 0.543 e. The molecule has 1 atom stereocenters. The van der Waals surface area contributed by atoms with E-state index in [0.717, 1.165) is 21.5 Å². The van der Waals surface area contributed by atoms with Crippen molar-refractivity contribution >= 4 is 41.7 Å². The van der Waals surface area contributed by atoms with Crippen LogP contribution in [0.25, 0.3) is 10.2 Å². The lowest BCUT2D eigenvalue weighted by Gasteiger charge is -2.36. The lowest BCUT2D eigenvalue weighted by molar-refractivity contribution is -0.140. The molecule has 6 nitrogen and oxygen atoms in total. The molecular weight excluding hydrogens is 452 g/mol. The van der Waals surface area contributed by atoms with Gasteiger partial charge in [-0.2, -0.15) is 4.99 Å². The molecule has 2 aromatic carbocycles. The highest BCUT2D eigenvalue weighted by Crippen LogP contribution is 2.38. The summed E-state index contributed by atoms with van der Waals surface area (Å²) >= 11 is 1.31. The fourth-order valence-electron chi connectivity index (χ4n) is 3.23. The van der Waals surface area contributed by atoms with Crippen molar-refractivity contribution in [3.05, 3.63) is 58.4 Å². The topological polar surface area (TPSA) is 80.9 Å². The third kappa shape index (κ3) is 5.28. The molecule has 1 N–H and O–H groups in total. The fraction of sp³-hybridized carbons (Fsp3) is 0.400. The molecule has 0 spiro atoms. The van der Waals surface area contributed by atoms with E-state index in [4.69, 9.17) is 4.43 Å². The third-order valence-corrected chi connectivity index (χ3v) is 11.6. The van der Waals surface area contributed by atoms with Gasteiger partial charge in [0.15, 0.2) is 4.80 Å². The maximum atomic E-state index is 12.9. The first-order chi connectivity index (χ1) is 15.3. The molecule has 3 rings (SSSR count). The number of aliphatic carboxylic acids is 1. The van der Waals surface area contributed by atoms with E-state index < -0.39 is 26.2 Å². The van der Waals surface area contributed by atoms with Crippen LogP contribution in [0.5, 0.6) is 5.75 Å². The Hall–Kier alpha value is -2.71. The maximum Gasteiger partial charge on any atom is 0.326 e. The van der Waals surface area contributed by atoms with Crippen LogP contribution in [-0.2, 0) is 4.79 Å². The van der Waals surface area contributed by atoms with Crippen LogP contribution in [0.2, 0.25) is 18.1 Å². The number of aryl methyl sites for hydroxylation is 1. The molecule has 176 valence electrons. The summed E-state index contributed by atoms with van der Waals surface area (Å²) in [4.78, 5) is 29.6. The summed E-state index contributed by atoms with van der Waals surface area (Å²) in [6.45, 7) is 14.7. The number of hydrogen-bond donors (Lipinski definition) is 1. The first kappa shape index (κ1) is 24.9. The summed E-state index contributed by atoms with van der Waals surface area (Å²) in [7, 11) is -2.04. The Balaban J connectivity index is 2.16. The summed E-state index contributed by atoms with van der Waals surface area (Å²) in [6.07, 6.45) is 0.370. The van der Waals surface area contributed by atoms with Gasteiger partial charge in [-0.1, -0.05) is 56.7 Å². The van der Waals surface area contributed by atoms with Crippen LogP contribution < -0.4 is 9.23 Å². The average Bonchev–Trinajstić information content (AvgIpc) is 3.04. The van der Waals surface area contributed by atoms with Gasteiger partial charge in [-0.05, 0) is 61.8 Å². The molecule has 0 aliphatic carbocycles. The van der Waals surface area contributed by atoms with Crippen molar-refractivity contribution in [3.63, 3.8) is 0 Å². The number of fused-ring (bicyclic) bond motifs is 1. The summed E-state index contributed by atoms with van der Waals surface area (Å²) in [5, 5.41) is 9.90. The standard InChI is InChI=1S/C25H32N2O4SSi/c1-8-19(23(29)30)27-20-14-13-18(31-33(6,7)25(3,4)5)15-21(20)32-24(27)26-22(28)17-11-9-16(2)10-12-17/h9-15,19H,8H2,1-7H3,(H,29,30)/b26-24-. The molecule has 1 heterocycles. The molecule has 0 saturated carbocycles. The van der Waals surface area contributed by atoms with Gasteiger partial charge >= 0.3 is 5.97 Å². The highest BCUT2D eigenvalue weighted by molar-refractivity contribution is 7.16. The number of nitrogens with zero attached hydrogens (tertiary/aromatic N) is 2. The Labute approximate surface area is 199 Å². The zero-order chi connectivity index (χ0) is 24.6. The molecule has 0 aliphatic rings. The van der Waals surface area contributed by atoms with Crippen LogP contribution >= 0.6 is 11.3 Å². The number of hydrogen-bond acceptors (Lipinski definition) is 4. The van der Waals surface area contributed by atoms with Gasteiger partial charge in [-0.15, -0.1) is 0 Å². The fourth-order valence-corrected chi connectivity index (χ4v) is 5.35. The SMILES string of the molecule is CCC(C(=O)O)n1/c(=N/C(=O)c2ccc(C)cc2)sc2cc(O[Si](C)(C)C(C)(C)C)ccc21. The Bertz CT molecular complexity index is 1250. The van der Waals surface area contributed by atoms with E-state index in [-0.39, 0.29) is 5.04 Å². The predicted octanol–water partition coefficient (Wildman–Crippen LogP) is 6.17. The average molecular weight is 485 g/mol. The van der Waals surface area contributed by atoms with Crippen molar-refractivity contribution in [1.29, 1.82) is 0 Å². The van der Waals surface area contributed by atoms with Crippen LogP contribution in [-0.4, -0.2) is 29.9 Å². The molecule has 0 saturated heterocycles. The van der Waals surface area contributed by atoms with Crippen LogP contribution in [0.1, 0.15) is 56.1 Å². The number of carbonyl (C=O) groups is 2. The van der Waals surface area contributed by atoms with Crippen LogP contribution in [0, 0.1) is 6.92 Å². The zero-order valence-corrected chi connectivity index (χ0v) is 22.1. The third-order valence-electron chi connectivity index (χ3n) is 6.26. The van der Waals surface area contributed by atoms with Gasteiger partial charge in [-0.3, -0.25) is 4.79 Å². The molecule has 1 aromatic heterocycles. The smallest absolute Gasteiger partial charge is 0.326 e. The number of aromatic nitrogens is 1. The molecule has 0 aliphatic heterocycles. The summed E-state index contributed by atoms with van der Waals surface area (Å²) in [6, 6.07) is 12.0. The highest BCUT2D eigenvalue weighted by Gasteiger charge is 2.39. The molecular formula is C25H32N2O4SSi. The lowest BCUT2D eigenvalue weighted by Crippen LogP contribution is -2.43. The van der Waals surface area contributed by atoms with Gasteiger partial charge in [0.1, 0.15) is 11.8 Å². The second kappa shape index (κ2) is 9.27. The molecule has 3 aromatic rings. The minimum absolute atomic E-state index is 0.0505. The Morgan fingerprint density at radius 3 is 2.33 bits per heavy atom. The van der Waals surface area contributed by atoms with E-state index >= 15 is 0 Å². The van der Waals surface area contributed by atoms with Crippen molar-refractivity contribution in [1.82, 2.24) is 4.57 Å². The molecule has 1 unspecified atom stereocenters. The van der Waals surface area contributed by atoms with Crippen molar-refractivity contribution in [2.45, 2.75) is 65.2 Å². The second-order valence-electron chi connectivity index (χ2n) is 9.79. The minimum Gasteiger partial charge on any atom is -0.543 e. The number of rotatable bonds is 6. The quantitative estimate of drug-likeness (QED) is 0.424. The number of amides is 1. The van der Waals surface area contributed by atoms with Gasteiger partial charge in [0, 0.05) is 5.56 Å². The number of carboxylic acid groups (broad SMARTS) is 1. The Kier molecular flexibility index (Phi) is 7.00. The van der Waals surface area contributed by atoms with Crippen molar-refractivity contribution in [2.75, 3.05) is 0 Å². The molecule has 0 radical (unpaired) electrons. The van der Waals surface area contributed by atoms with Crippen molar-refractivity contribution in [3.8, 4) is 5.75 Å². The summed E-state index contributed by atoms with van der Waals surface area (Å²) in [5.74, 6) is -0.599. The Morgan fingerprint density at radius 1 is 1.15 bits per heavy atom. The normalized spacial score (nSPS) is 13.8. The van der Waals surface area contributed by atoms with Crippen LogP contribution in [0.3, 0.4) is 0 Å². The number of carboxylic acids is 1. The van der Waals surface area contributed by atoms with Gasteiger partial charge in [-0.25, -0.2) is 4.79 Å². The highest BCUT2D eigenvalue weighted by atomic mass is 32.1. The number of thiazole rings is 1. The first-order valence-corrected chi connectivity index (χ1v) is 14.8. The molecule has 1 amide bonds. The van der Waals surface area contributed by atoms with E-state index in [0.29, 0.717) is 16.8 Å². The van der Waals surface area contributed by atoms with E-state index in [2.05, 4.69) is 38.9 Å². The molecule has 0 fully saturated rings.